The van der Waals surface area contributed by atoms with Gasteiger partial charge in [-0.15, -0.1) is 0 Å². The minimum absolute atomic E-state index is 0.176. The number of ether oxygens (including phenoxy) is 1. The fourth-order valence-corrected chi connectivity index (χ4v) is 1.94. The van der Waals surface area contributed by atoms with Crippen LogP contribution in [0.2, 0.25) is 0 Å². The van der Waals surface area contributed by atoms with Gasteiger partial charge in [0.25, 0.3) is 0 Å². The molecule has 0 bridgehead atoms. The molecule has 0 saturated carbocycles. The molecule has 0 amide bonds. The van der Waals surface area contributed by atoms with Crippen molar-refractivity contribution in [3.05, 3.63) is 59.7 Å². The predicted molar refractivity (Wildman–Crippen MR) is 91.8 cm³/mol. The summed E-state index contributed by atoms with van der Waals surface area (Å²) in [6.07, 6.45) is 1.01. The van der Waals surface area contributed by atoms with Gasteiger partial charge in [0.05, 0.1) is 7.11 Å². The first-order valence-electron chi connectivity index (χ1n) is 7.50. The highest BCUT2D eigenvalue weighted by Crippen LogP contribution is 2.26. The molecule has 0 heterocycles. The number of benzene rings is 2. The van der Waals surface area contributed by atoms with Crippen LogP contribution in [0.1, 0.15) is 11.1 Å². The number of nitrogens with one attached hydrogen (secondary N) is 1. The molecule has 2 rings (SSSR count). The number of rotatable bonds is 6. The number of phenols is 1. The average Bonchev–Trinajstić information content (AvgIpc) is 2.61. The van der Waals surface area contributed by atoms with E-state index in [1.807, 2.05) is 18.2 Å². The van der Waals surface area contributed by atoms with Gasteiger partial charge in [0.2, 0.25) is 0 Å². The van der Waals surface area contributed by atoms with Gasteiger partial charge in [0.1, 0.15) is 0 Å². The highest BCUT2D eigenvalue weighted by atomic mass is 16.5. The second kappa shape index (κ2) is 10.7. The van der Waals surface area contributed by atoms with Crippen LogP contribution in [-0.2, 0) is 22.6 Å². The third kappa shape index (κ3) is 7.85. The van der Waals surface area contributed by atoms with E-state index in [-0.39, 0.29) is 5.75 Å². The molecule has 134 valence electrons. The second-order valence-corrected chi connectivity index (χ2v) is 5.03. The van der Waals surface area contributed by atoms with Crippen LogP contribution >= 0.6 is 0 Å². The summed E-state index contributed by atoms with van der Waals surface area (Å²) in [6.45, 7) is 1.69. The standard InChI is InChI=1S/C16H19NO2.C2H2O4/c1-19-16-11-14(7-8-15(16)18)12-17-10-9-13-5-3-2-4-6-13;3-1(4)2(5)6/h2-8,11,17-18H,9-10,12H2,1H3;(H,3,4)(H,5,6). The maximum atomic E-state index is 9.51. The van der Waals surface area contributed by atoms with E-state index in [4.69, 9.17) is 24.5 Å². The molecule has 0 aliphatic rings. The van der Waals surface area contributed by atoms with Crippen LogP contribution in [0.4, 0.5) is 0 Å². The van der Waals surface area contributed by atoms with Gasteiger partial charge in [-0.25, -0.2) is 9.59 Å². The van der Waals surface area contributed by atoms with Gasteiger partial charge < -0.3 is 25.4 Å². The lowest BCUT2D eigenvalue weighted by Crippen LogP contribution is -2.16. The van der Waals surface area contributed by atoms with Crippen molar-refractivity contribution < 1.29 is 29.6 Å². The van der Waals surface area contributed by atoms with Crippen LogP contribution in [0.15, 0.2) is 48.5 Å². The van der Waals surface area contributed by atoms with E-state index in [9.17, 15) is 5.11 Å². The number of methoxy groups -OCH3 is 1. The van der Waals surface area contributed by atoms with Crippen molar-refractivity contribution in [2.24, 2.45) is 0 Å². The fourth-order valence-electron chi connectivity index (χ4n) is 1.94. The molecule has 7 heteroatoms. The molecular formula is C18H21NO6. The second-order valence-electron chi connectivity index (χ2n) is 5.03. The van der Waals surface area contributed by atoms with Gasteiger partial charge in [0.15, 0.2) is 11.5 Å². The Labute approximate surface area is 145 Å². The first-order valence-corrected chi connectivity index (χ1v) is 7.50. The van der Waals surface area contributed by atoms with Crippen molar-refractivity contribution >= 4 is 11.9 Å². The van der Waals surface area contributed by atoms with E-state index >= 15 is 0 Å². The summed E-state index contributed by atoms with van der Waals surface area (Å²) in [5.74, 6) is -2.96. The summed E-state index contributed by atoms with van der Waals surface area (Å²) in [5, 5.41) is 27.7. The van der Waals surface area contributed by atoms with E-state index in [1.165, 1.54) is 5.56 Å². The van der Waals surface area contributed by atoms with Gasteiger partial charge in [-0.3, -0.25) is 0 Å². The quantitative estimate of drug-likeness (QED) is 0.466. The third-order valence-corrected chi connectivity index (χ3v) is 3.19. The molecular weight excluding hydrogens is 326 g/mol. The summed E-state index contributed by atoms with van der Waals surface area (Å²) >= 11 is 0. The zero-order valence-corrected chi connectivity index (χ0v) is 13.8. The topological polar surface area (TPSA) is 116 Å². The van der Waals surface area contributed by atoms with Crippen LogP contribution in [0.25, 0.3) is 0 Å². The van der Waals surface area contributed by atoms with Crippen molar-refractivity contribution in [1.82, 2.24) is 5.32 Å². The Bertz CT molecular complexity index is 675. The average molecular weight is 347 g/mol. The van der Waals surface area contributed by atoms with Crippen molar-refractivity contribution in [2.45, 2.75) is 13.0 Å². The lowest BCUT2D eigenvalue weighted by molar-refractivity contribution is -0.159. The predicted octanol–water partition coefficient (Wildman–Crippen LogP) is 1.89. The molecule has 0 saturated heterocycles. The lowest BCUT2D eigenvalue weighted by Gasteiger charge is -2.08. The van der Waals surface area contributed by atoms with Crippen LogP contribution < -0.4 is 10.1 Å². The molecule has 0 radical (unpaired) electrons. The number of hydrogen-bond donors (Lipinski definition) is 4. The fraction of sp³-hybridized carbons (Fsp3) is 0.222. The van der Waals surface area contributed by atoms with E-state index in [2.05, 4.69) is 29.6 Å². The molecule has 0 spiro atoms. The molecule has 0 fully saturated rings. The molecule has 2 aromatic rings. The number of aromatic hydroxyl groups is 1. The number of aliphatic carboxylic acids is 2. The minimum Gasteiger partial charge on any atom is -0.504 e. The summed E-state index contributed by atoms with van der Waals surface area (Å²) in [7, 11) is 1.56. The summed E-state index contributed by atoms with van der Waals surface area (Å²) < 4.78 is 5.08. The Morgan fingerprint density at radius 2 is 1.64 bits per heavy atom. The smallest absolute Gasteiger partial charge is 0.414 e. The molecule has 2 aromatic carbocycles. The Balaban J connectivity index is 0.000000450. The largest absolute Gasteiger partial charge is 0.504 e. The summed E-state index contributed by atoms with van der Waals surface area (Å²) in [5.41, 5.74) is 2.43. The zero-order valence-electron chi connectivity index (χ0n) is 13.8. The van der Waals surface area contributed by atoms with Gasteiger partial charge in [-0.05, 0) is 36.2 Å². The molecule has 0 aliphatic heterocycles. The normalized spacial score (nSPS) is 9.64. The minimum atomic E-state index is -1.82. The van der Waals surface area contributed by atoms with Crippen molar-refractivity contribution in [1.29, 1.82) is 0 Å². The van der Waals surface area contributed by atoms with E-state index < -0.39 is 11.9 Å². The SMILES string of the molecule is COc1cc(CNCCc2ccccc2)ccc1O.O=C(O)C(=O)O. The first-order chi connectivity index (χ1) is 11.9. The summed E-state index contributed by atoms with van der Waals surface area (Å²) in [6, 6.07) is 15.8. The zero-order chi connectivity index (χ0) is 18.7. The Kier molecular flexibility index (Phi) is 8.53. The van der Waals surface area contributed by atoms with Gasteiger partial charge in [-0.2, -0.15) is 0 Å². The van der Waals surface area contributed by atoms with E-state index in [0.717, 1.165) is 25.1 Å². The monoisotopic (exact) mass is 347 g/mol. The highest BCUT2D eigenvalue weighted by Gasteiger charge is 2.04. The number of carbonyl (C=O) groups is 2. The van der Waals surface area contributed by atoms with Gasteiger partial charge >= 0.3 is 11.9 Å². The Morgan fingerprint density at radius 1 is 1.00 bits per heavy atom. The highest BCUT2D eigenvalue weighted by molar-refractivity contribution is 6.27. The molecule has 7 nitrogen and oxygen atoms in total. The van der Waals surface area contributed by atoms with Crippen LogP contribution in [-0.4, -0.2) is 40.9 Å². The third-order valence-electron chi connectivity index (χ3n) is 3.19. The van der Waals surface area contributed by atoms with Crippen LogP contribution in [0.3, 0.4) is 0 Å². The van der Waals surface area contributed by atoms with Crippen molar-refractivity contribution in [3.8, 4) is 11.5 Å². The maximum absolute atomic E-state index is 9.51. The van der Waals surface area contributed by atoms with Crippen LogP contribution in [0.5, 0.6) is 11.5 Å². The maximum Gasteiger partial charge on any atom is 0.414 e. The first kappa shape index (κ1) is 20.0. The van der Waals surface area contributed by atoms with Crippen molar-refractivity contribution in [2.75, 3.05) is 13.7 Å². The van der Waals surface area contributed by atoms with E-state index in [1.54, 1.807) is 13.2 Å². The molecule has 25 heavy (non-hydrogen) atoms. The molecule has 0 aliphatic carbocycles. The Morgan fingerprint density at radius 3 is 2.20 bits per heavy atom. The molecule has 0 unspecified atom stereocenters. The van der Waals surface area contributed by atoms with Crippen molar-refractivity contribution in [3.63, 3.8) is 0 Å². The lowest BCUT2D eigenvalue weighted by atomic mass is 10.1. The molecule has 0 aromatic heterocycles. The van der Waals surface area contributed by atoms with Gasteiger partial charge in [-0.1, -0.05) is 36.4 Å². The van der Waals surface area contributed by atoms with Gasteiger partial charge in [0, 0.05) is 6.54 Å². The Hall–Kier alpha value is -3.06. The summed E-state index contributed by atoms with van der Waals surface area (Å²) in [4.78, 5) is 18.2. The molecule has 4 N–H and O–H groups in total. The van der Waals surface area contributed by atoms with Crippen LogP contribution in [0, 0.1) is 0 Å². The number of carboxylic acids is 2. The van der Waals surface area contributed by atoms with E-state index in [0.29, 0.717) is 5.75 Å². The molecule has 0 atom stereocenters. The number of hydrogen-bond acceptors (Lipinski definition) is 5. The number of phenolic OH excluding ortho intramolecular Hbond substituents is 1. The number of carboxylic acid groups (broad SMARTS) is 2.